The maximum atomic E-state index is 11.6. The maximum absolute atomic E-state index is 11.6. The van der Waals surface area contributed by atoms with E-state index in [9.17, 15) is 9.59 Å². The smallest absolute Gasteiger partial charge is 0.337 e. The molecule has 0 aromatic heterocycles. The van der Waals surface area contributed by atoms with E-state index in [1.54, 1.807) is 48.5 Å². The number of halogens is 1. The van der Waals surface area contributed by atoms with Gasteiger partial charge in [0.1, 0.15) is 5.75 Å². The van der Waals surface area contributed by atoms with Gasteiger partial charge in [0.15, 0.2) is 6.61 Å². The summed E-state index contributed by atoms with van der Waals surface area (Å²) in [5, 5.41) is 2.96. The van der Waals surface area contributed by atoms with Crippen LogP contribution in [0.5, 0.6) is 5.75 Å². The summed E-state index contributed by atoms with van der Waals surface area (Å²) in [6, 6.07) is 15.1. The number of anilines is 1. The fraction of sp³-hybridized carbons (Fsp3) is 0.0667. The molecule has 0 aliphatic rings. The molecule has 3 amide bonds. The van der Waals surface area contributed by atoms with Crippen molar-refractivity contribution in [2.75, 3.05) is 11.9 Å². The number of carbonyl (C=O) groups excluding carboxylic acids is 2. The Balaban J connectivity index is 1.71. The van der Waals surface area contributed by atoms with Gasteiger partial charge in [-0.3, -0.25) is 10.2 Å². The van der Waals surface area contributed by atoms with Crippen LogP contribution in [0.3, 0.4) is 0 Å². The molecule has 7 heteroatoms. The summed E-state index contributed by atoms with van der Waals surface area (Å²) in [4.78, 5) is 23.1. The topological polar surface area (TPSA) is 79.5 Å². The number of benzene rings is 2. The first-order chi connectivity index (χ1) is 10.6. The Kier molecular flexibility index (Phi) is 5.62. The first-order valence-corrected chi connectivity index (χ1v) is 6.81. The normalized spacial score (nSPS) is 9.68. The summed E-state index contributed by atoms with van der Waals surface area (Å²) < 4.78 is 5.23. The minimum atomic E-state index is -0.558. The fourth-order valence-corrected chi connectivity index (χ4v) is 1.74. The zero-order valence-electron chi connectivity index (χ0n) is 11.5. The van der Waals surface area contributed by atoms with Crippen LogP contribution in [0, 0.1) is 0 Å². The second-order valence-corrected chi connectivity index (χ2v) is 4.62. The third-order valence-corrected chi connectivity index (χ3v) is 2.85. The predicted octanol–water partition coefficient (Wildman–Crippen LogP) is 2.57. The standard InChI is InChI=1S/C15H14ClN3O3/c16-12-8-4-5-9-13(12)22-10-14(20)18-19-15(21)17-11-6-2-1-3-7-11/h1-9H,10H2,(H,18,20)(H2,17,19,21). The minimum Gasteiger partial charge on any atom is -0.482 e. The van der Waals surface area contributed by atoms with Gasteiger partial charge in [0.2, 0.25) is 0 Å². The second kappa shape index (κ2) is 7.90. The molecule has 0 bridgehead atoms. The van der Waals surface area contributed by atoms with Crippen LogP contribution in [0.2, 0.25) is 5.02 Å². The Hall–Kier alpha value is -2.73. The van der Waals surface area contributed by atoms with Gasteiger partial charge in [-0.25, -0.2) is 10.2 Å². The number of hydrazine groups is 1. The van der Waals surface area contributed by atoms with E-state index in [2.05, 4.69) is 16.2 Å². The largest absolute Gasteiger partial charge is 0.482 e. The minimum absolute atomic E-state index is 0.269. The highest BCUT2D eigenvalue weighted by molar-refractivity contribution is 6.32. The van der Waals surface area contributed by atoms with Crippen molar-refractivity contribution in [3.05, 3.63) is 59.6 Å². The molecule has 0 heterocycles. The molecule has 0 atom stereocenters. The molecule has 0 aliphatic heterocycles. The zero-order valence-corrected chi connectivity index (χ0v) is 12.3. The van der Waals surface area contributed by atoms with E-state index in [0.717, 1.165) is 0 Å². The molecule has 22 heavy (non-hydrogen) atoms. The van der Waals surface area contributed by atoms with Crippen LogP contribution in [0.15, 0.2) is 54.6 Å². The van der Waals surface area contributed by atoms with Crippen LogP contribution in [0.25, 0.3) is 0 Å². The molecule has 0 unspecified atom stereocenters. The van der Waals surface area contributed by atoms with Crippen molar-refractivity contribution in [3.8, 4) is 5.75 Å². The average molecular weight is 320 g/mol. The molecule has 3 N–H and O–H groups in total. The fourth-order valence-electron chi connectivity index (χ4n) is 1.55. The Bertz CT molecular complexity index is 649. The summed E-state index contributed by atoms with van der Waals surface area (Å²) in [7, 11) is 0. The van der Waals surface area contributed by atoms with Crippen LogP contribution < -0.4 is 20.9 Å². The number of carbonyl (C=O) groups is 2. The molecular formula is C15H14ClN3O3. The van der Waals surface area contributed by atoms with Crippen LogP contribution in [-0.2, 0) is 4.79 Å². The molecule has 0 spiro atoms. The Morgan fingerprint density at radius 2 is 1.64 bits per heavy atom. The first-order valence-electron chi connectivity index (χ1n) is 6.43. The lowest BCUT2D eigenvalue weighted by atomic mass is 10.3. The third kappa shape index (κ3) is 4.99. The molecule has 0 saturated heterocycles. The summed E-state index contributed by atoms with van der Waals surface area (Å²) in [6.07, 6.45) is 0. The summed E-state index contributed by atoms with van der Waals surface area (Å²) in [6.45, 7) is -0.269. The average Bonchev–Trinajstić information content (AvgIpc) is 2.53. The van der Waals surface area contributed by atoms with Gasteiger partial charge in [-0.15, -0.1) is 0 Å². The number of rotatable bonds is 4. The lowest BCUT2D eigenvalue weighted by Gasteiger charge is -2.10. The molecule has 0 saturated carbocycles. The van der Waals surface area contributed by atoms with Gasteiger partial charge >= 0.3 is 6.03 Å². The van der Waals surface area contributed by atoms with Gasteiger partial charge in [0.05, 0.1) is 5.02 Å². The molecule has 0 radical (unpaired) electrons. The van der Waals surface area contributed by atoms with E-state index in [1.807, 2.05) is 6.07 Å². The van der Waals surface area contributed by atoms with Crippen LogP contribution >= 0.6 is 11.6 Å². The highest BCUT2D eigenvalue weighted by Crippen LogP contribution is 2.22. The molecule has 0 aliphatic carbocycles. The van der Waals surface area contributed by atoms with E-state index in [-0.39, 0.29) is 6.61 Å². The summed E-state index contributed by atoms with van der Waals surface area (Å²) in [5.41, 5.74) is 5.06. The highest BCUT2D eigenvalue weighted by Gasteiger charge is 2.07. The van der Waals surface area contributed by atoms with Crippen LogP contribution in [0.1, 0.15) is 0 Å². The lowest BCUT2D eigenvalue weighted by molar-refractivity contribution is -0.123. The van der Waals surface area contributed by atoms with Crippen LogP contribution in [0.4, 0.5) is 10.5 Å². The van der Waals surface area contributed by atoms with Crippen molar-refractivity contribution in [1.82, 2.24) is 10.9 Å². The molecule has 0 fully saturated rings. The van der Waals surface area contributed by atoms with E-state index in [4.69, 9.17) is 16.3 Å². The Labute approximate surface area is 132 Å². The van der Waals surface area contributed by atoms with Crippen LogP contribution in [-0.4, -0.2) is 18.5 Å². The van der Waals surface area contributed by atoms with Crippen molar-refractivity contribution in [1.29, 1.82) is 0 Å². The number of urea groups is 1. The molecule has 6 nitrogen and oxygen atoms in total. The Morgan fingerprint density at radius 1 is 0.955 bits per heavy atom. The second-order valence-electron chi connectivity index (χ2n) is 4.21. The number of nitrogens with one attached hydrogen (secondary N) is 3. The highest BCUT2D eigenvalue weighted by atomic mass is 35.5. The Morgan fingerprint density at radius 3 is 2.36 bits per heavy atom. The van der Waals surface area contributed by atoms with Gasteiger partial charge < -0.3 is 10.1 Å². The van der Waals surface area contributed by atoms with Crippen molar-refractivity contribution >= 4 is 29.2 Å². The first kappa shape index (κ1) is 15.7. The summed E-state index contributed by atoms with van der Waals surface area (Å²) >= 11 is 5.89. The lowest BCUT2D eigenvalue weighted by Crippen LogP contribution is -2.45. The van der Waals surface area contributed by atoms with Crippen molar-refractivity contribution in [2.24, 2.45) is 0 Å². The SMILES string of the molecule is O=C(COc1ccccc1Cl)NNC(=O)Nc1ccccc1. The molecule has 2 aromatic rings. The number of para-hydroxylation sites is 2. The molecule has 2 aromatic carbocycles. The maximum Gasteiger partial charge on any atom is 0.337 e. The van der Waals surface area contributed by atoms with E-state index in [1.165, 1.54) is 0 Å². The van der Waals surface area contributed by atoms with E-state index >= 15 is 0 Å². The van der Waals surface area contributed by atoms with E-state index in [0.29, 0.717) is 16.5 Å². The van der Waals surface area contributed by atoms with E-state index < -0.39 is 11.9 Å². The van der Waals surface area contributed by atoms with Gasteiger partial charge in [-0.2, -0.15) is 0 Å². The quantitative estimate of drug-likeness (QED) is 0.758. The van der Waals surface area contributed by atoms with Gasteiger partial charge in [-0.05, 0) is 24.3 Å². The molecular weight excluding hydrogens is 306 g/mol. The van der Waals surface area contributed by atoms with Gasteiger partial charge in [0.25, 0.3) is 5.91 Å². The molecule has 114 valence electrons. The van der Waals surface area contributed by atoms with Crippen molar-refractivity contribution < 1.29 is 14.3 Å². The third-order valence-electron chi connectivity index (χ3n) is 2.54. The predicted molar refractivity (Wildman–Crippen MR) is 83.7 cm³/mol. The zero-order chi connectivity index (χ0) is 15.8. The monoisotopic (exact) mass is 319 g/mol. The summed E-state index contributed by atoms with van der Waals surface area (Å²) in [5.74, 6) is -0.115. The van der Waals surface area contributed by atoms with Crippen molar-refractivity contribution in [2.45, 2.75) is 0 Å². The molecule has 2 rings (SSSR count). The number of amides is 3. The number of ether oxygens (including phenoxy) is 1. The number of hydrogen-bond donors (Lipinski definition) is 3. The number of hydrogen-bond acceptors (Lipinski definition) is 3. The van der Waals surface area contributed by atoms with Gasteiger partial charge in [-0.1, -0.05) is 41.9 Å². The van der Waals surface area contributed by atoms with Crippen molar-refractivity contribution in [3.63, 3.8) is 0 Å². The van der Waals surface area contributed by atoms with Gasteiger partial charge in [0, 0.05) is 5.69 Å².